The van der Waals surface area contributed by atoms with Crippen LogP contribution in [0.2, 0.25) is 0 Å². The summed E-state index contributed by atoms with van der Waals surface area (Å²) < 4.78 is 5.91. The molecule has 0 aromatic carbocycles. The molecular weight excluding hydrogens is 208 g/mol. The van der Waals surface area contributed by atoms with Gasteiger partial charge in [0.25, 0.3) is 0 Å². The van der Waals surface area contributed by atoms with Crippen molar-refractivity contribution >= 4 is 17.5 Å². The van der Waals surface area contributed by atoms with Gasteiger partial charge in [0.05, 0.1) is 5.60 Å². The van der Waals surface area contributed by atoms with E-state index in [0.29, 0.717) is 5.78 Å². The van der Waals surface area contributed by atoms with E-state index in [1.54, 1.807) is 0 Å². The first-order chi connectivity index (χ1) is 7.26. The molecule has 0 bridgehead atoms. The molecule has 2 atom stereocenters. The quantitative estimate of drug-likeness (QED) is 0.743. The molecule has 2 rings (SSSR count). The number of thioether (sulfide) groups is 1. The fraction of sp³-hybridized carbons (Fsp3) is 0.917. The summed E-state index contributed by atoms with van der Waals surface area (Å²) in [5.74, 6) is 3.06. The van der Waals surface area contributed by atoms with Gasteiger partial charge in [-0.25, -0.2) is 0 Å². The number of hydrogen-bond acceptors (Lipinski definition) is 3. The molecule has 0 aliphatic carbocycles. The molecule has 2 nitrogen and oxygen atoms in total. The molecule has 0 aromatic rings. The Morgan fingerprint density at radius 3 is 3.13 bits per heavy atom. The highest BCUT2D eigenvalue weighted by molar-refractivity contribution is 7.99. The van der Waals surface area contributed by atoms with Gasteiger partial charge in [-0.15, -0.1) is 0 Å². The molecule has 3 heteroatoms. The van der Waals surface area contributed by atoms with Crippen molar-refractivity contribution in [2.24, 2.45) is 5.92 Å². The number of ether oxygens (including phenoxy) is 1. The zero-order valence-electron chi connectivity index (χ0n) is 9.46. The molecule has 2 aliphatic rings. The largest absolute Gasteiger partial charge is 0.374 e. The number of carbonyl (C=O) groups is 1. The third kappa shape index (κ3) is 2.56. The van der Waals surface area contributed by atoms with Crippen molar-refractivity contribution in [3.05, 3.63) is 0 Å². The van der Waals surface area contributed by atoms with E-state index in [9.17, 15) is 4.79 Å². The number of carbonyl (C=O) groups excluding carboxylic acids is 1. The molecule has 0 amide bonds. The first kappa shape index (κ1) is 11.5. The molecule has 0 N–H and O–H groups in total. The average molecular weight is 228 g/mol. The minimum atomic E-state index is 0.0665. The van der Waals surface area contributed by atoms with E-state index in [1.165, 1.54) is 5.75 Å². The Morgan fingerprint density at radius 2 is 2.47 bits per heavy atom. The minimum Gasteiger partial charge on any atom is -0.374 e. The van der Waals surface area contributed by atoms with Crippen LogP contribution in [0.25, 0.3) is 0 Å². The van der Waals surface area contributed by atoms with Gasteiger partial charge >= 0.3 is 0 Å². The van der Waals surface area contributed by atoms with E-state index in [2.05, 4.69) is 6.92 Å². The van der Waals surface area contributed by atoms with E-state index in [4.69, 9.17) is 4.74 Å². The van der Waals surface area contributed by atoms with Crippen LogP contribution in [0, 0.1) is 5.92 Å². The predicted octanol–water partition coefficient (Wildman–Crippen LogP) is 2.66. The van der Waals surface area contributed by atoms with E-state index >= 15 is 0 Å². The maximum atomic E-state index is 11.9. The molecule has 86 valence electrons. The van der Waals surface area contributed by atoms with Crippen LogP contribution in [0.1, 0.15) is 39.0 Å². The van der Waals surface area contributed by atoms with Gasteiger partial charge in [-0.05, 0) is 31.4 Å². The number of rotatable bonds is 3. The zero-order valence-corrected chi connectivity index (χ0v) is 10.3. The van der Waals surface area contributed by atoms with Crippen LogP contribution in [0.4, 0.5) is 0 Å². The van der Waals surface area contributed by atoms with Gasteiger partial charge < -0.3 is 4.74 Å². The highest BCUT2D eigenvalue weighted by Crippen LogP contribution is 2.40. The summed E-state index contributed by atoms with van der Waals surface area (Å²) in [5, 5.41) is 0. The summed E-state index contributed by atoms with van der Waals surface area (Å²) in [7, 11) is 0. The van der Waals surface area contributed by atoms with Crippen LogP contribution >= 0.6 is 11.8 Å². The van der Waals surface area contributed by atoms with E-state index in [-0.39, 0.29) is 11.5 Å². The first-order valence-corrected chi connectivity index (χ1v) is 7.16. The van der Waals surface area contributed by atoms with Crippen LogP contribution < -0.4 is 0 Å². The minimum absolute atomic E-state index is 0.0665. The third-order valence-electron chi connectivity index (χ3n) is 3.51. The summed E-state index contributed by atoms with van der Waals surface area (Å²) in [6.45, 7) is 2.87. The van der Waals surface area contributed by atoms with Gasteiger partial charge in [0, 0.05) is 24.7 Å². The third-order valence-corrected chi connectivity index (χ3v) is 4.73. The Kier molecular flexibility index (Phi) is 3.73. The fourth-order valence-electron chi connectivity index (χ4n) is 2.62. The molecule has 2 unspecified atom stereocenters. The average Bonchev–Trinajstić information content (AvgIpc) is 2.67. The lowest BCUT2D eigenvalue weighted by atomic mass is 9.82. The monoisotopic (exact) mass is 228 g/mol. The first-order valence-electron chi connectivity index (χ1n) is 6.00. The standard InChI is InChI=1S/C12H20O2S/c1-2-3-11(13)10-4-6-14-12(8-10)5-7-15-9-12/h10H,2-9H2,1H3. The highest BCUT2D eigenvalue weighted by atomic mass is 32.2. The van der Waals surface area contributed by atoms with Crippen LogP contribution in [-0.2, 0) is 9.53 Å². The highest BCUT2D eigenvalue weighted by Gasteiger charge is 2.41. The topological polar surface area (TPSA) is 26.3 Å². The SMILES string of the molecule is CCCC(=O)C1CCOC2(CCSC2)C1. The van der Waals surface area contributed by atoms with Crippen molar-refractivity contribution in [2.45, 2.75) is 44.6 Å². The maximum absolute atomic E-state index is 11.9. The Bertz CT molecular complexity index is 234. The summed E-state index contributed by atoms with van der Waals surface area (Å²) >= 11 is 1.97. The van der Waals surface area contributed by atoms with Crippen LogP contribution in [0.15, 0.2) is 0 Å². The van der Waals surface area contributed by atoms with Crippen molar-refractivity contribution in [3.63, 3.8) is 0 Å². The van der Waals surface area contributed by atoms with Crippen molar-refractivity contribution in [1.29, 1.82) is 0 Å². The Hall–Kier alpha value is -0.0200. The lowest BCUT2D eigenvalue weighted by molar-refractivity contribution is -0.134. The van der Waals surface area contributed by atoms with Crippen molar-refractivity contribution < 1.29 is 9.53 Å². The van der Waals surface area contributed by atoms with E-state index in [0.717, 1.165) is 44.5 Å². The van der Waals surface area contributed by atoms with Gasteiger partial charge in [-0.2, -0.15) is 11.8 Å². The second-order valence-electron chi connectivity index (χ2n) is 4.74. The van der Waals surface area contributed by atoms with Crippen LogP contribution in [0.5, 0.6) is 0 Å². The van der Waals surface area contributed by atoms with Gasteiger partial charge in [-0.3, -0.25) is 4.79 Å². The second-order valence-corrected chi connectivity index (χ2v) is 5.85. The van der Waals surface area contributed by atoms with Gasteiger partial charge in [-0.1, -0.05) is 6.92 Å². The van der Waals surface area contributed by atoms with Gasteiger partial charge in [0.2, 0.25) is 0 Å². The van der Waals surface area contributed by atoms with Crippen LogP contribution in [0.3, 0.4) is 0 Å². The molecule has 0 radical (unpaired) electrons. The second kappa shape index (κ2) is 4.88. The molecule has 2 heterocycles. The molecule has 0 saturated carbocycles. The lowest BCUT2D eigenvalue weighted by Crippen LogP contribution is -2.42. The normalized spacial score (nSPS) is 35.9. The van der Waals surface area contributed by atoms with Crippen molar-refractivity contribution in [2.75, 3.05) is 18.1 Å². The van der Waals surface area contributed by atoms with Gasteiger partial charge in [0.15, 0.2) is 0 Å². The van der Waals surface area contributed by atoms with Crippen molar-refractivity contribution in [1.82, 2.24) is 0 Å². The molecule has 1 spiro atoms. The zero-order chi connectivity index (χ0) is 10.7. The summed E-state index contributed by atoms with van der Waals surface area (Å²) in [6.07, 6.45) is 4.82. The molecule has 2 fully saturated rings. The Balaban J connectivity index is 1.94. The molecular formula is C12H20O2S. The van der Waals surface area contributed by atoms with E-state index < -0.39 is 0 Å². The summed E-state index contributed by atoms with van der Waals surface area (Å²) in [5.41, 5.74) is 0.0665. The number of Topliss-reactive ketones (excluding diaryl/α,β-unsaturated/α-hetero) is 1. The number of hydrogen-bond donors (Lipinski definition) is 0. The van der Waals surface area contributed by atoms with Crippen molar-refractivity contribution in [3.8, 4) is 0 Å². The maximum Gasteiger partial charge on any atom is 0.136 e. The smallest absolute Gasteiger partial charge is 0.136 e. The Labute approximate surface area is 96.1 Å². The molecule has 2 saturated heterocycles. The summed E-state index contributed by atoms with van der Waals surface area (Å²) in [6, 6.07) is 0. The predicted molar refractivity (Wildman–Crippen MR) is 63.3 cm³/mol. The Morgan fingerprint density at radius 1 is 1.60 bits per heavy atom. The molecule has 2 aliphatic heterocycles. The van der Waals surface area contributed by atoms with E-state index in [1.807, 2.05) is 11.8 Å². The molecule has 0 aromatic heterocycles. The molecule has 15 heavy (non-hydrogen) atoms. The number of ketones is 1. The summed E-state index contributed by atoms with van der Waals surface area (Å²) in [4.78, 5) is 11.9. The fourth-order valence-corrected chi connectivity index (χ4v) is 3.99. The van der Waals surface area contributed by atoms with Gasteiger partial charge in [0.1, 0.15) is 5.78 Å². The van der Waals surface area contributed by atoms with Crippen LogP contribution in [-0.4, -0.2) is 29.5 Å². The lowest BCUT2D eigenvalue weighted by Gasteiger charge is -2.37.